The van der Waals surface area contributed by atoms with Gasteiger partial charge in [-0.15, -0.1) is 22.9 Å². The van der Waals surface area contributed by atoms with Crippen LogP contribution < -0.4 is 0 Å². The van der Waals surface area contributed by atoms with Gasteiger partial charge in [0.05, 0.1) is 0 Å². The van der Waals surface area contributed by atoms with Gasteiger partial charge in [0, 0.05) is 15.6 Å². The van der Waals surface area contributed by atoms with Crippen molar-refractivity contribution in [2.75, 3.05) is 0 Å². The third-order valence-corrected chi connectivity index (χ3v) is 6.86. The third kappa shape index (κ3) is 11.3. The van der Waals surface area contributed by atoms with Gasteiger partial charge in [0.25, 0.3) is 0 Å². The van der Waals surface area contributed by atoms with E-state index in [9.17, 15) is 0 Å². The Labute approximate surface area is 166 Å². The number of rotatable bonds is 17. The highest BCUT2D eigenvalue weighted by atomic mass is 35.5. The molecule has 1 rings (SSSR count). The maximum Gasteiger partial charge on any atom is 0.0485 e. The predicted octanol–water partition coefficient (Wildman–Crippen LogP) is 9.07. The Morgan fingerprint density at radius 1 is 0.720 bits per heavy atom. The van der Waals surface area contributed by atoms with Crippen LogP contribution in [-0.4, -0.2) is 0 Å². The van der Waals surface area contributed by atoms with Crippen LogP contribution in [0.25, 0.3) is 0 Å². The number of thiophene rings is 1. The van der Waals surface area contributed by atoms with Crippen molar-refractivity contribution in [3.8, 4) is 0 Å². The summed E-state index contributed by atoms with van der Waals surface area (Å²) in [5, 5.41) is 0. The number of hydrogen-bond acceptors (Lipinski definition) is 1. The van der Waals surface area contributed by atoms with E-state index in [1.807, 2.05) is 11.3 Å². The van der Waals surface area contributed by atoms with Gasteiger partial charge in [-0.05, 0) is 30.9 Å². The first kappa shape index (κ1) is 23.0. The fourth-order valence-electron chi connectivity index (χ4n) is 3.56. The van der Waals surface area contributed by atoms with Gasteiger partial charge in [-0.3, -0.25) is 0 Å². The van der Waals surface area contributed by atoms with Gasteiger partial charge < -0.3 is 0 Å². The van der Waals surface area contributed by atoms with Crippen LogP contribution in [0.4, 0.5) is 0 Å². The zero-order chi connectivity index (χ0) is 18.2. The van der Waals surface area contributed by atoms with E-state index < -0.39 is 0 Å². The maximum atomic E-state index is 6.02. The van der Waals surface area contributed by atoms with Crippen molar-refractivity contribution in [1.82, 2.24) is 0 Å². The van der Waals surface area contributed by atoms with E-state index in [2.05, 4.69) is 19.9 Å². The van der Waals surface area contributed by atoms with Gasteiger partial charge in [-0.2, -0.15) is 0 Å². The molecule has 0 aliphatic carbocycles. The second-order valence-corrected chi connectivity index (χ2v) is 8.98. The van der Waals surface area contributed by atoms with E-state index in [4.69, 9.17) is 11.6 Å². The molecule has 0 fully saturated rings. The van der Waals surface area contributed by atoms with Crippen LogP contribution >= 0.6 is 22.9 Å². The second-order valence-electron chi connectivity index (χ2n) is 7.49. The smallest absolute Gasteiger partial charge is 0.0485 e. The van der Waals surface area contributed by atoms with Crippen molar-refractivity contribution in [3.05, 3.63) is 21.4 Å². The molecule has 0 nitrogen and oxygen atoms in total. The summed E-state index contributed by atoms with van der Waals surface area (Å²) in [5.74, 6) is 0.679. The van der Waals surface area contributed by atoms with Gasteiger partial charge in [0.2, 0.25) is 0 Å². The van der Waals surface area contributed by atoms with Crippen molar-refractivity contribution in [1.29, 1.82) is 0 Å². The molecule has 0 atom stereocenters. The van der Waals surface area contributed by atoms with Crippen LogP contribution in [0.2, 0.25) is 0 Å². The molecule has 0 unspecified atom stereocenters. The molecule has 1 aromatic heterocycles. The molecule has 1 aromatic rings. The van der Waals surface area contributed by atoms with Crippen molar-refractivity contribution in [2.24, 2.45) is 0 Å². The van der Waals surface area contributed by atoms with E-state index in [0.717, 1.165) is 6.42 Å². The van der Waals surface area contributed by atoms with Gasteiger partial charge in [-0.1, -0.05) is 97.3 Å². The normalized spacial score (nSPS) is 11.3. The van der Waals surface area contributed by atoms with Gasteiger partial charge in [-0.25, -0.2) is 0 Å². The van der Waals surface area contributed by atoms with E-state index in [-0.39, 0.29) is 0 Å². The third-order valence-electron chi connectivity index (χ3n) is 5.19. The summed E-state index contributed by atoms with van der Waals surface area (Å²) in [6.45, 7) is 4.53. The molecular weight excluding hydrogens is 344 g/mol. The first-order valence-electron chi connectivity index (χ1n) is 11.0. The highest BCUT2D eigenvalue weighted by Gasteiger charge is 2.06. The number of halogens is 1. The van der Waals surface area contributed by atoms with E-state index >= 15 is 0 Å². The Morgan fingerprint density at radius 2 is 1.20 bits per heavy atom. The van der Waals surface area contributed by atoms with Crippen LogP contribution in [0.15, 0.2) is 6.07 Å². The molecule has 0 radical (unpaired) electrons. The van der Waals surface area contributed by atoms with Crippen molar-refractivity contribution in [3.63, 3.8) is 0 Å². The molecule has 2 heteroatoms. The summed E-state index contributed by atoms with van der Waals surface area (Å²) in [4.78, 5) is 3.04. The zero-order valence-electron chi connectivity index (χ0n) is 16.9. The van der Waals surface area contributed by atoms with Crippen LogP contribution in [0.5, 0.6) is 0 Å². The van der Waals surface area contributed by atoms with E-state index in [0.29, 0.717) is 5.88 Å². The van der Waals surface area contributed by atoms with Crippen LogP contribution in [0.1, 0.15) is 119 Å². The molecule has 0 aliphatic rings. The summed E-state index contributed by atoms with van der Waals surface area (Å²) in [6, 6.07) is 2.35. The fraction of sp³-hybridized carbons (Fsp3) is 0.826. The molecule has 0 spiro atoms. The minimum Gasteiger partial charge on any atom is -0.145 e. The molecule has 0 amide bonds. The van der Waals surface area contributed by atoms with Crippen molar-refractivity contribution >= 4 is 22.9 Å². The molecule has 0 N–H and O–H groups in total. The lowest BCUT2D eigenvalue weighted by molar-refractivity contribution is 0.536. The lowest BCUT2D eigenvalue weighted by atomic mass is 10.0. The number of aryl methyl sites for hydroxylation is 2. The standard InChI is InChI=1S/C23H41ClS/c1-3-5-6-7-8-9-10-11-12-13-14-15-16-17-18-22-19-21(20-24)23(4-2)25-22/h19H,3-18,20H2,1-2H3. The van der Waals surface area contributed by atoms with Crippen molar-refractivity contribution < 1.29 is 0 Å². The zero-order valence-corrected chi connectivity index (χ0v) is 18.5. The molecule has 25 heavy (non-hydrogen) atoms. The topological polar surface area (TPSA) is 0 Å². The Morgan fingerprint density at radius 3 is 1.60 bits per heavy atom. The molecule has 0 bridgehead atoms. The average molecular weight is 385 g/mol. The number of alkyl halides is 1. The summed E-state index contributed by atoms with van der Waals surface area (Å²) >= 11 is 8.01. The first-order chi connectivity index (χ1) is 12.3. The molecule has 0 saturated heterocycles. The summed E-state index contributed by atoms with van der Waals surface area (Å²) in [5.41, 5.74) is 1.37. The summed E-state index contributed by atoms with van der Waals surface area (Å²) in [7, 11) is 0. The average Bonchev–Trinajstić information content (AvgIpc) is 3.04. The molecule has 1 heterocycles. The minimum absolute atomic E-state index is 0.679. The summed E-state index contributed by atoms with van der Waals surface area (Å²) in [6.07, 6.45) is 22.5. The lowest BCUT2D eigenvalue weighted by Gasteiger charge is -2.03. The Kier molecular flexibility index (Phi) is 14.9. The molecule has 0 aromatic carbocycles. The van der Waals surface area contributed by atoms with E-state index in [1.165, 1.54) is 107 Å². The van der Waals surface area contributed by atoms with Crippen LogP contribution in [-0.2, 0) is 18.7 Å². The monoisotopic (exact) mass is 384 g/mol. The Bertz CT molecular complexity index is 389. The SMILES string of the molecule is CCCCCCCCCCCCCCCCc1cc(CCl)c(CC)s1. The minimum atomic E-state index is 0.679. The predicted molar refractivity (Wildman–Crippen MR) is 117 cm³/mol. The fourth-order valence-corrected chi connectivity index (χ4v) is 5.05. The van der Waals surface area contributed by atoms with Gasteiger partial charge in [0.1, 0.15) is 0 Å². The van der Waals surface area contributed by atoms with Crippen molar-refractivity contribution in [2.45, 2.75) is 122 Å². The number of hydrogen-bond donors (Lipinski definition) is 0. The van der Waals surface area contributed by atoms with Crippen LogP contribution in [0, 0.1) is 0 Å². The Balaban J connectivity index is 1.87. The highest BCUT2D eigenvalue weighted by Crippen LogP contribution is 2.26. The number of unbranched alkanes of at least 4 members (excludes halogenated alkanes) is 13. The largest absolute Gasteiger partial charge is 0.145 e. The molecule has 0 aliphatic heterocycles. The molecule has 146 valence electrons. The van der Waals surface area contributed by atoms with Crippen LogP contribution in [0.3, 0.4) is 0 Å². The molecular formula is C23H41ClS. The quantitative estimate of drug-likeness (QED) is 0.185. The lowest BCUT2D eigenvalue weighted by Crippen LogP contribution is -1.84. The highest BCUT2D eigenvalue weighted by molar-refractivity contribution is 7.12. The maximum absolute atomic E-state index is 6.02. The Hall–Kier alpha value is -0.0100. The van der Waals surface area contributed by atoms with Gasteiger partial charge >= 0.3 is 0 Å². The van der Waals surface area contributed by atoms with E-state index in [1.54, 1.807) is 4.88 Å². The first-order valence-corrected chi connectivity index (χ1v) is 12.3. The summed E-state index contributed by atoms with van der Waals surface area (Å²) < 4.78 is 0. The second kappa shape index (κ2) is 16.2. The molecule has 0 saturated carbocycles. The van der Waals surface area contributed by atoms with Gasteiger partial charge in [0.15, 0.2) is 0 Å².